The molecule has 4 aromatic rings. The Morgan fingerprint density at radius 3 is 2.47 bits per heavy atom. The molecule has 2 atom stereocenters. The van der Waals surface area contributed by atoms with E-state index in [1.165, 1.54) is 18.4 Å². The van der Waals surface area contributed by atoms with Crippen molar-refractivity contribution >= 4 is 17.0 Å². The Bertz CT molecular complexity index is 1190. The van der Waals surface area contributed by atoms with Gasteiger partial charge >= 0.3 is 0 Å². The molecule has 3 aliphatic rings. The third-order valence-electron chi connectivity index (χ3n) is 6.36. The number of aromatic nitrogens is 4. The molecular formula is C24H24N6. The van der Waals surface area contributed by atoms with Crippen LogP contribution >= 0.6 is 0 Å². The molecule has 0 saturated carbocycles. The normalized spacial score (nSPS) is 20.8. The van der Waals surface area contributed by atoms with Crippen LogP contribution in [0.3, 0.4) is 0 Å². The number of hydrogen-bond acceptors (Lipinski definition) is 5. The van der Waals surface area contributed by atoms with E-state index < -0.39 is 0 Å². The smallest absolute Gasteiger partial charge is 0.167 e. The van der Waals surface area contributed by atoms with Gasteiger partial charge in [0.25, 0.3) is 0 Å². The lowest BCUT2D eigenvalue weighted by molar-refractivity contribution is 0.289. The minimum Gasteiger partial charge on any atom is -0.351 e. The molecule has 6 heteroatoms. The molecule has 3 saturated heterocycles. The summed E-state index contributed by atoms with van der Waals surface area (Å²) >= 11 is 0. The monoisotopic (exact) mass is 396 g/mol. The molecule has 6 heterocycles. The zero-order valence-electron chi connectivity index (χ0n) is 17.0. The van der Waals surface area contributed by atoms with Crippen molar-refractivity contribution in [1.82, 2.24) is 24.8 Å². The molecular weight excluding hydrogens is 372 g/mol. The maximum atomic E-state index is 5.14. The second-order valence-electron chi connectivity index (χ2n) is 8.34. The zero-order valence-corrected chi connectivity index (χ0v) is 17.0. The maximum Gasteiger partial charge on any atom is 0.167 e. The Hall–Kier alpha value is -3.25. The predicted octanol–water partition coefficient (Wildman–Crippen LogP) is 3.73. The topological polar surface area (TPSA) is 58.9 Å². The van der Waals surface area contributed by atoms with Crippen molar-refractivity contribution in [2.45, 2.75) is 31.8 Å². The standard InChI is InChI=1S/C24H24N6/c1-16-2-4-17(5-3-16)23-27-21-8-9-22(29-15-18-6-7-20(29)14-26-18)28-24(21)30(23)19-10-12-25-13-11-19/h2-5,8-13,18,20,26H,6-7,14-15H2,1H3. The van der Waals surface area contributed by atoms with Gasteiger partial charge in [0.1, 0.15) is 17.2 Å². The van der Waals surface area contributed by atoms with Gasteiger partial charge in [-0.2, -0.15) is 0 Å². The summed E-state index contributed by atoms with van der Waals surface area (Å²) in [4.78, 5) is 16.8. The quantitative estimate of drug-likeness (QED) is 0.572. The molecule has 1 aromatic carbocycles. The number of nitrogens with zero attached hydrogens (tertiary/aromatic N) is 5. The van der Waals surface area contributed by atoms with Crippen LogP contribution in [0.2, 0.25) is 0 Å². The molecule has 0 radical (unpaired) electrons. The van der Waals surface area contributed by atoms with Gasteiger partial charge in [0, 0.05) is 43.1 Å². The van der Waals surface area contributed by atoms with E-state index in [1.54, 1.807) is 0 Å². The van der Waals surface area contributed by atoms with Crippen molar-refractivity contribution in [3.63, 3.8) is 0 Å². The number of piperidine rings is 2. The largest absolute Gasteiger partial charge is 0.351 e. The van der Waals surface area contributed by atoms with Gasteiger partial charge < -0.3 is 10.2 Å². The molecule has 30 heavy (non-hydrogen) atoms. The molecule has 0 aliphatic carbocycles. The molecule has 0 amide bonds. The van der Waals surface area contributed by atoms with Gasteiger partial charge in [0.15, 0.2) is 5.65 Å². The number of hydrogen-bond donors (Lipinski definition) is 1. The van der Waals surface area contributed by atoms with Crippen molar-refractivity contribution in [3.05, 3.63) is 66.5 Å². The van der Waals surface area contributed by atoms with Crippen LogP contribution in [0.1, 0.15) is 18.4 Å². The van der Waals surface area contributed by atoms with Gasteiger partial charge in [-0.05, 0) is 44.0 Å². The summed E-state index contributed by atoms with van der Waals surface area (Å²) < 4.78 is 2.16. The molecule has 7 rings (SSSR count). The van der Waals surface area contributed by atoms with Crippen molar-refractivity contribution in [3.8, 4) is 17.1 Å². The van der Waals surface area contributed by atoms with Crippen LogP contribution in [-0.4, -0.2) is 44.7 Å². The molecule has 0 spiro atoms. The average Bonchev–Trinajstić information content (AvgIpc) is 3.19. The van der Waals surface area contributed by atoms with Gasteiger partial charge in [-0.1, -0.05) is 29.8 Å². The van der Waals surface area contributed by atoms with Crippen molar-refractivity contribution in [2.24, 2.45) is 0 Å². The SMILES string of the molecule is Cc1ccc(-c2nc3ccc(N4CC5CCC4CN5)nc3n2-c2ccncc2)cc1. The van der Waals surface area contributed by atoms with Crippen LogP contribution < -0.4 is 10.2 Å². The first-order valence-corrected chi connectivity index (χ1v) is 10.6. The van der Waals surface area contributed by atoms with Gasteiger partial charge in [0.2, 0.25) is 0 Å². The van der Waals surface area contributed by atoms with Crippen LogP contribution in [0, 0.1) is 6.92 Å². The van der Waals surface area contributed by atoms with Crippen LogP contribution in [0.4, 0.5) is 5.82 Å². The van der Waals surface area contributed by atoms with Gasteiger partial charge in [-0.15, -0.1) is 0 Å². The van der Waals surface area contributed by atoms with Crippen LogP contribution in [-0.2, 0) is 0 Å². The van der Waals surface area contributed by atoms with Crippen molar-refractivity contribution < 1.29 is 0 Å². The van der Waals surface area contributed by atoms with Crippen LogP contribution in [0.25, 0.3) is 28.2 Å². The summed E-state index contributed by atoms with van der Waals surface area (Å²) in [5.74, 6) is 1.95. The van der Waals surface area contributed by atoms with Crippen LogP contribution in [0.15, 0.2) is 60.9 Å². The number of imidazole rings is 1. The summed E-state index contributed by atoms with van der Waals surface area (Å²) in [6.07, 6.45) is 6.13. The number of nitrogens with one attached hydrogen (secondary N) is 1. The molecule has 1 N–H and O–H groups in total. The van der Waals surface area contributed by atoms with Gasteiger partial charge in [-0.3, -0.25) is 9.55 Å². The first-order chi connectivity index (χ1) is 14.8. The number of pyridine rings is 2. The Balaban J connectivity index is 1.53. The fourth-order valence-corrected chi connectivity index (χ4v) is 4.73. The fourth-order valence-electron chi connectivity index (χ4n) is 4.73. The van der Waals surface area contributed by atoms with Crippen molar-refractivity contribution in [2.75, 3.05) is 18.0 Å². The predicted molar refractivity (Wildman–Crippen MR) is 119 cm³/mol. The number of rotatable bonds is 3. The van der Waals surface area contributed by atoms with Gasteiger partial charge in [0.05, 0.1) is 5.69 Å². The van der Waals surface area contributed by atoms with E-state index in [-0.39, 0.29) is 0 Å². The summed E-state index contributed by atoms with van der Waals surface area (Å²) in [7, 11) is 0. The fraction of sp³-hybridized carbons (Fsp3) is 0.292. The summed E-state index contributed by atoms with van der Waals surface area (Å²) in [6.45, 7) is 4.17. The Kier molecular flexibility index (Phi) is 4.06. The molecule has 3 aliphatic heterocycles. The molecule has 2 bridgehead atoms. The van der Waals surface area contributed by atoms with E-state index in [0.717, 1.165) is 47.1 Å². The Morgan fingerprint density at radius 2 is 1.77 bits per heavy atom. The molecule has 2 unspecified atom stereocenters. The van der Waals surface area contributed by atoms with E-state index in [4.69, 9.17) is 9.97 Å². The van der Waals surface area contributed by atoms with Crippen molar-refractivity contribution in [1.29, 1.82) is 0 Å². The van der Waals surface area contributed by atoms with Crippen LogP contribution in [0.5, 0.6) is 0 Å². The summed E-state index contributed by atoms with van der Waals surface area (Å²) in [5.41, 5.74) is 5.14. The highest BCUT2D eigenvalue weighted by molar-refractivity contribution is 5.81. The van der Waals surface area contributed by atoms with Gasteiger partial charge in [-0.25, -0.2) is 9.97 Å². The number of piperazine rings is 1. The average molecular weight is 396 g/mol. The summed E-state index contributed by atoms with van der Waals surface area (Å²) in [5, 5.41) is 3.63. The number of anilines is 1. The minimum atomic E-state index is 0.522. The number of benzene rings is 1. The molecule has 3 aromatic heterocycles. The Morgan fingerprint density at radius 1 is 0.933 bits per heavy atom. The first kappa shape index (κ1) is 17.6. The molecule has 150 valence electrons. The Labute approximate surface area is 175 Å². The maximum absolute atomic E-state index is 5.14. The number of aryl methyl sites for hydroxylation is 1. The van der Waals surface area contributed by atoms with E-state index in [9.17, 15) is 0 Å². The second kappa shape index (κ2) is 6.92. The minimum absolute atomic E-state index is 0.522. The van der Waals surface area contributed by atoms with E-state index in [1.807, 2.05) is 24.5 Å². The highest BCUT2D eigenvalue weighted by atomic mass is 15.3. The zero-order chi connectivity index (χ0) is 20.1. The second-order valence-corrected chi connectivity index (χ2v) is 8.34. The lowest BCUT2D eigenvalue weighted by atomic mass is 9.93. The first-order valence-electron chi connectivity index (χ1n) is 10.6. The third-order valence-corrected chi connectivity index (χ3v) is 6.36. The lowest BCUT2D eigenvalue weighted by Crippen LogP contribution is -2.61. The van der Waals surface area contributed by atoms with E-state index >= 15 is 0 Å². The van der Waals surface area contributed by atoms with E-state index in [2.05, 4.69) is 63.1 Å². The molecule has 3 fully saturated rings. The highest BCUT2D eigenvalue weighted by Crippen LogP contribution is 2.32. The number of fused-ring (bicyclic) bond motifs is 4. The lowest BCUT2D eigenvalue weighted by Gasteiger charge is -2.46. The third kappa shape index (κ3) is 2.87. The highest BCUT2D eigenvalue weighted by Gasteiger charge is 2.34. The molecule has 6 nitrogen and oxygen atoms in total. The summed E-state index contributed by atoms with van der Waals surface area (Å²) in [6, 6.07) is 17.9. The van der Waals surface area contributed by atoms with E-state index in [0.29, 0.717) is 12.1 Å².